The number of aliphatic imine (C=N–C) groups is 1. The van der Waals surface area contributed by atoms with Crippen LogP contribution in [0.25, 0.3) is 0 Å². The SMILES string of the molecule is CCN(CCCNC(=NC)NCC1(N(C)C)CCOCC1)c1ccccc1.I. The predicted molar refractivity (Wildman–Crippen MR) is 130 cm³/mol. The normalized spacial score (nSPS) is 16.4. The number of likely N-dealkylation sites (N-methyl/N-ethyl adjacent to an activating group) is 1. The van der Waals surface area contributed by atoms with Gasteiger partial charge in [-0.2, -0.15) is 0 Å². The standard InChI is InChI=1S/C21H37N5O.HI/c1-5-26(19-10-7-6-8-11-19)15-9-14-23-20(22-2)24-18-21(25(3)4)12-16-27-17-13-21;/h6-8,10-11H,5,9,12-18H2,1-4H3,(H2,22,23,24);1H. The van der Waals surface area contributed by atoms with Crippen LogP contribution in [0.5, 0.6) is 0 Å². The molecule has 0 aliphatic carbocycles. The molecule has 1 saturated heterocycles. The molecule has 0 unspecified atom stereocenters. The molecular weight excluding hydrogens is 465 g/mol. The Morgan fingerprint density at radius 2 is 1.82 bits per heavy atom. The summed E-state index contributed by atoms with van der Waals surface area (Å²) in [6.07, 6.45) is 3.16. The van der Waals surface area contributed by atoms with E-state index in [0.717, 1.165) is 64.6 Å². The molecule has 2 N–H and O–H groups in total. The Labute approximate surface area is 188 Å². The van der Waals surface area contributed by atoms with Crippen molar-refractivity contribution in [1.29, 1.82) is 0 Å². The summed E-state index contributed by atoms with van der Waals surface area (Å²) in [6.45, 7) is 7.70. The average molecular weight is 503 g/mol. The first-order valence-electron chi connectivity index (χ1n) is 10.1. The van der Waals surface area contributed by atoms with Crippen LogP contribution in [0.4, 0.5) is 5.69 Å². The third-order valence-electron chi connectivity index (χ3n) is 5.58. The van der Waals surface area contributed by atoms with Crippen molar-refractivity contribution in [2.45, 2.75) is 31.7 Å². The second-order valence-corrected chi connectivity index (χ2v) is 7.35. The van der Waals surface area contributed by atoms with Crippen molar-refractivity contribution in [2.24, 2.45) is 4.99 Å². The lowest BCUT2D eigenvalue weighted by Crippen LogP contribution is -2.57. The Balaban J connectivity index is 0.00000392. The van der Waals surface area contributed by atoms with E-state index in [1.807, 2.05) is 7.05 Å². The van der Waals surface area contributed by atoms with Gasteiger partial charge in [0.15, 0.2) is 5.96 Å². The van der Waals surface area contributed by atoms with Crippen LogP contribution in [0.1, 0.15) is 26.2 Å². The molecule has 1 aliphatic rings. The number of halogens is 1. The van der Waals surface area contributed by atoms with E-state index in [1.54, 1.807) is 0 Å². The van der Waals surface area contributed by atoms with Crippen molar-refractivity contribution in [3.05, 3.63) is 30.3 Å². The van der Waals surface area contributed by atoms with E-state index in [2.05, 4.69) is 76.8 Å². The van der Waals surface area contributed by atoms with Crippen molar-refractivity contribution in [2.75, 3.05) is 65.4 Å². The average Bonchev–Trinajstić information content (AvgIpc) is 2.71. The van der Waals surface area contributed by atoms with E-state index in [1.165, 1.54) is 5.69 Å². The topological polar surface area (TPSA) is 52.1 Å². The van der Waals surface area contributed by atoms with Gasteiger partial charge in [0.2, 0.25) is 0 Å². The van der Waals surface area contributed by atoms with Crippen molar-refractivity contribution >= 4 is 35.6 Å². The molecule has 28 heavy (non-hydrogen) atoms. The fourth-order valence-corrected chi connectivity index (χ4v) is 3.59. The predicted octanol–water partition coefficient (Wildman–Crippen LogP) is 2.80. The van der Waals surface area contributed by atoms with Crippen LogP contribution in [-0.2, 0) is 4.74 Å². The number of benzene rings is 1. The van der Waals surface area contributed by atoms with Crippen molar-refractivity contribution < 1.29 is 4.74 Å². The zero-order valence-electron chi connectivity index (χ0n) is 17.9. The maximum absolute atomic E-state index is 5.55. The number of nitrogens with zero attached hydrogens (tertiary/aromatic N) is 3. The van der Waals surface area contributed by atoms with Crippen molar-refractivity contribution in [1.82, 2.24) is 15.5 Å². The quantitative estimate of drug-likeness (QED) is 0.235. The second kappa shape index (κ2) is 13.2. The van der Waals surface area contributed by atoms with Crippen LogP contribution in [0.15, 0.2) is 35.3 Å². The summed E-state index contributed by atoms with van der Waals surface area (Å²) in [5, 5.41) is 6.98. The molecule has 1 aromatic rings. The molecule has 7 heteroatoms. The van der Waals surface area contributed by atoms with Gasteiger partial charge in [0.25, 0.3) is 0 Å². The molecule has 0 bridgehead atoms. The maximum Gasteiger partial charge on any atom is 0.191 e. The smallest absolute Gasteiger partial charge is 0.191 e. The summed E-state index contributed by atoms with van der Waals surface area (Å²) < 4.78 is 5.55. The lowest BCUT2D eigenvalue weighted by atomic mass is 9.88. The molecule has 2 rings (SSSR count). The van der Waals surface area contributed by atoms with E-state index >= 15 is 0 Å². The minimum atomic E-state index is 0. The summed E-state index contributed by atoms with van der Waals surface area (Å²) in [5.41, 5.74) is 1.43. The second-order valence-electron chi connectivity index (χ2n) is 7.35. The van der Waals surface area contributed by atoms with Crippen molar-refractivity contribution in [3.63, 3.8) is 0 Å². The van der Waals surface area contributed by atoms with E-state index in [0.29, 0.717) is 0 Å². The Morgan fingerprint density at radius 3 is 2.39 bits per heavy atom. The fraction of sp³-hybridized carbons (Fsp3) is 0.667. The third kappa shape index (κ3) is 7.40. The van der Waals surface area contributed by atoms with Crippen LogP contribution >= 0.6 is 24.0 Å². The van der Waals surface area contributed by atoms with Gasteiger partial charge in [0, 0.05) is 57.7 Å². The molecular formula is C21H38IN5O. The molecule has 0 saturated carbocycles. The first-order chi connectivity index (χ1) is 13.1. The highest BCUT2D eigenvalue weighted by Crippen LogP contribution is 2.25. The third-order valence-corrected chi connectivity index (χ3v) is 5.58. The Hall–Kier alpha value is -1.06. The molecule has 1 aliphatic heterocycles. The van der Waals surface area contributed by atoms with Crippen LogP contribution in [0, 0.1) is 0 Å². The minimum absolute atomic E-state index is 0. The first kappa shape index (κ1) is 25.0. The van der Waals surface area contributed by atoms with Gasteiger partial charge in [-0.15, -0.1) is 24.0 Å². The summed E-state index contributed by atoms with van der Waals surface area (Å²) in [5.74, 6) is 0.880. The summed E-state index contributed by atoms with van der Waals surface area (Å²) in [7, 11) is 6.15. The number of anilines is 1. The highest BCUT2D eigenvalue weighted by atomic mass is 127. The van der Waals surface area contributed by atoms with E-state index < -0.39 is 0 Å². The van der Waals surface area contributed by atoms with Crippen LogP contribution < -0.4 is 15.5 Å². The Morgan fingerprint density at radius 1 is 1.14 bits per heavy atom. The van der Waals surface area contributed by atoms with E-state index in [4.69, 9.17) is 4.74 Å². The minimum Gasteiger partial charge on any atom is -0.381 e. The number of nitrogens with one attached hydrogen (secondary N) is 2. The molecule has 160 valence electrons. The summed E-state index contributed by atoms with van der Waals surface area (Å²) >= 11 is 0. The fourth-order valence-electron chi connectivity index (χ4n) is 3.59. The number of rotatable bonds is 9. The summed E-state index contributed by atoms with van der Waals surface area (Å²) in [6, 6.07) is 10.6. The maximum atomic E-state index is 5.55. The Kier molecular flexibility index (Phi) is 11.8. The summed E-state index contributed by atoms with van der Waals surface area (Å²) in [4.78, 5) is 9.12. The molecule has 0 radical (unpaired) electrons. The lowest BCUT2D eigenvalue weighted by molar-refractivity contribution is -0.00501. The number of hydrogen-bond donors (Lipinski definition) is 2. The monoisotopic (exact) mass is 503 g/mol. The van der Waals surface area contributed by atoms with Crippen LogP contribution in [0.3, 0.4) is 0 Å². The number of hydrogen-bond acceptors (Lipinski definition) is 4. The molecule has 1 heterocycles. The van der Waals surface area contributed by atoms with Crippen LogP contribution in [-0.4, -0.2) is 76.9 Å². The molecule has 0 spiro atoms. The van der Waals surface area contributed by atoms with Gasteiger partial charge in [-0.05, 0) is 52.4 Å². The first-order valence-corrected chi connectivity index (χ1v) is 10.1. The molecule has 6 nitrogen and oxygen atoms in total. The highest BCUT2D eigenvalue weighted by molar-refractivity contribution is 14.0. The lowest BCUT2D eigenvalue weighted by Gasteiger charge is -2.43. The highest BCUT2D eigenvalue weighted by Gasteiger charge is 2.34. The van der Waals surface area contributed by atoms with Gasteiger partial charge in [-0.1, -0.05) is 18.2 Å². The number of ether oxygens (including phenoxy) is 1. The largest absolute Gasteiger partial charge is 0.381 e. The van der Waals surface area contributed by atoms with Gasteiger partial charge in [0.05, 0.1) is 0 Å². The zero-order chi connectivity index (χ0) is 19.5. The number of para-hydroxylation sites is 1. The molecule has 1 aromatic carbocycles. The zero-order valence-corrected chi connectivity index (χ0v) is 20.2. The van der Waals surface area contributed by atoms with Gasteiger partial charge in [-0.25, -0.2) is 0 Å². The molecule has 0 amide bonds. The van der Waals surface area contributed by atoms with E-state index in [-0.39, 0.29) is 29.5 Å². The molecule has 0 atom stereocenters. The van der Waals surface area contributed by atoms with Gasteiger partial charge in [0.1, 0.15) is 0 Å². The molecule has 1 fully saturated rings. The van der Waals surface area contributed by atoms with Crippen LogP contribution in [0.2, 0.25) is 0 Å². The van der Waals surface area contributed by atoms with Gasteiger partial charge in [-0.3, -0.25) is 4.99 Å². The van der Waals surface area contributed by atoms with Gasteiger partial charge < -0.3 is 25.2 Å². The van der Waals surface area contributed by atoms with Gasteiger partial charge >= 0.3 is 0 Å². The van der Waals surface area contributed by atoms with E-state index in [9.17, 15) is 0 Å². The Bertz CT molecular complexity index is 561. The molecule has 0 aromatic heterocycles. The number of guanidine groups is 1. The van der Waals surface area contributed by atoms with Crippen molar-refractivity contribution in [3.8, 4) is 0 Å².